The summed E-state index contributed by atoms with van der Waals surface area (Å²) in [7, 11) is -1.89. The van der Waals surface area contributed by atoms with Crippen molar-refractivity contribution in [2.45, 2.75) is 69.7 Å². The molecular formula is C35H46ClN3O6S. The number of benzene rings is 3. The lowest BCUT2D eigenvalue weighted by Gasteiger charge is -2.36. The van der Waals surface area contributed by atoms with Crippen LogP contribution >= 0.6 is 11.6 Å². The Morgan fingerprint density at radius 3 is 2.48 bits per heavy atom. The van der Waals surface area contributed by atoms with E-state index in [1.165, 1.54) is 35.9 Å². The van der Waals surface area contributed by atoms with Gasteiger partial charge >= 0.3 is 0 Å². The van der Waals surface area contributed by atoms with Crippen molar-refractivity contribution < 1.29 is 27.8 Å². The van der Waals surface area contributed by atoms with Crippen LogP contribution in [0.5, 0.6) is 5.75 Å². The molecule has 0 saturated heterocycles. The van der Waals surface area contributed by atoms with Crippen LogP contribution in [0.2, 0.25) is 5.02 Å². The highest BCUT2D eigenvalue weighted by Crippen LogP contribution is 2.30. The quantitative estimate of drug-likeness (QED) is 0.284. The number of sulfonamides is 1. The van der Waals surface area contributed by atoms with E-state index < -0.39 is 16.1 Å². The predicted octanol–water partition coefficient (Wildman–Crippen LogP) is 6.07. The summed E-state index contributed by atoms with van der Waals surface area (Å²) in [5, 5.41) is 10.6. The fourth-order valence-corrected chi connectivity index (χ4v) is 6.72. The molecule has 250 valence electrons. The van der Waals surface area contributed by atoms with Gasteiger partial charge in [0.05, 0.1) is 35.3 Å². The molecule has 0 radical (unpaired) electrons. The van der Waals surface area contributed by atoms with Crippen LogP contribution in [0.4, 0.5) is 5.69 Å². The number of hydrogen-bond donors (Lipinski definition) is 2. The average molecular weight is 672 g/mol. The number of hydrogen-bond acceptors (Lipinski definition) is 7. The van der Waals surface area contributed by atoms with Gasteiger partial charge in [0.1, 0.15) is 5.75 Å². The molecule has 1 heterocycles. The van der Waals surface area contributed by atoms with Gasteiger partial charge in [0, 0.05) is 42.9 Å². The molecular weight excluding hydrogens is 626 g/mol. The highest BCUT2D eigenvalue weighted by molar-refractivity contribution is 7.92. The van der Waals surface area contributed by atoms with Crippen molar-refractivity contribution in [2.24, 2.45) is 5.92 Å². The Morgan fingerprint density at radius 1 is 1.07 bits per heavy atom. The van der Waals surface area contributed by atoms with Gasteiger partial charge < -0.3 is 19.5 Å². The number of likely N-dealkylation sites (N-methyl/N-ethyl adjacent to an activating group) is 1. The van der Waals surface area contributed by atoms with Gasteiger partial charge in [-0.25, -0.2) is 8.42 Å². The maximum Gasteiger partial charge on any atom is 0.261 e. The number of carbonyl (C=O) groups excluding carboxylic acids is 1. The largest absolute Gasteiger partial charge is 0.490 e. The molecule has 1 aliphatic rings. The van der Waals surface area contributed by atoms with Gasteiger partial charge in [0.2, 0.25) is 0 Å². The third-order valence-electron chi connectivity index (χ3n) is 8.21. The maximum absolute atomic E-state index is 14.3. The highest BCUT2D eigenvalue weighted by Gasteiger charge is 2.30. The van der Waals surface area contributed by atoms with Crippen LogP contribution in [0, 0.1) is 5.92 Å². The monoisotopic (exact) mass is 671 g/mol. The normalized spacial score (nSPS) is 20.8. The van der Waals surface area contributed by atoms with Crippen LogP contribution in [-0.2, 0) is 21.3 Å². The number of aliphatic hydroxyl groups is 1. The van der Waals surface area contributed by atoms with Crippen LogP contribution in [0.1, 0.15) is 56.0 Å². The number of nitrogens with one attached hydrogen (secondary N) is 1. The number of aliphatic hydroxyl groups excluding tert-OH is 1. The zero-order valence-corrected chi connectivity index (χ0v) is 28.6. The molecule has 1 aliphatic heterocycles. The smallest absolute Gasteiger partial charge is 0.261 e. The summed E-state index contributed by atoms with van der Waals surface area (Å²) in [5.41, 5.74) is 1.64. The van der Waals surface area contributed by atoms with Gasteiger partial charge in [-0.05, 0) is 88.2 Å². The molecule has 3 aromatic rings. The molecule has 0 aliphatic carbocycles. The summed E-state index contributed by atoms with van der Waals surface area (Å²) in [4.78, 5) is 18.2. The summed E-state index contributed by atoms with van der Waals surface area (Å²) in [6, 6.07) is 20.3. The summed E-state index contributed by atoms with van der Waals surface area (Å²) in [6.07, 6.45) is 2.16. The molecule has 2 N–H and O–H groups in total. The number of halogens is 1. The van der Waals surface area contributed by atoms with Crippen LogP contribution < -0.4 is 9.46 Å². The summed E-state index contributed by atoms with van der Waals surface area (Å²) < 4.78 is 41.6. The molecule has 11 heteroatoms. The molecule has 1 amide bonds. The zero-order chi connectivity index (χ0) is 33.3. The second-order valence-electron chi connectivity index (χ2n) is 12.3. The molecule has 0 saturated carbocycles. The van der Waals surface area contributed by atoms with Gasteiger partial charge in [-0.15, -0.1) is 0 Å². The minimum absolute atomic E-state index is 0.0424. The highest BCUT2D eigenvalue weighted by atomic mass is 35.5. The average Bonchev–Trinajstić information content (AvgIpc) is 3.03. The molecule has 3 aromatic carbocycles. The van der Waals surface area contributed by atoms with Crippen LogP contribution in [0.15, 0.2) is 77.7 Å². The predicted molar refractivity (Wildman–Crippen MR) is 182 cm³/mol. The molecule has 0 unspecified atom stereocenters. The van der Waals surface area contributed by atoms with Crippen molar-refractivity contribution in [2.75, 3.05) is 38.1 Å². The molecule has 0 aromatic heterocycles. The van der Waals surface area contributed by atoms with E-state index in [1.807, 2.05) is 25.1 Å². The van der Waals surface area contributed by atoms with Crippen LogP contribution in [-0.4, -0.2) is 80.8 Å². The van der Waals surface area contributed by atoms with Crippen molar-refractivity contribution in [3.05, 3.63) is 88.9 Å². The summed E-state index contributed by atoms with van der Waals surface area (Å²) >= 11 is 5.95. The summed E-state index contributed by atoms with van der Waals surface area (Å²) in [5.74, 6) is -0.0761. The molecule has 0 fully saturated rings. The van der Waals surface area contributed by atoms with Gasteiger partial charge in [0.25, 0.3) is 15.9 Å². The van der Waals surface area contributed by atoms with Gasteiger partial charge in [-0.3, -0.25) is 14.4 Å². The first-order valence-electron chi connectivity index (χ1n) is 15.8. The number of anilines is 1. The van der Waals surface area contributed by atoms with Crippen LogP contribution in [0.25, 0.3) is 0 Å². The Labute approximate surface area is 278 Å². The van der Waals surface area contributed by atoms with Crippen molar-refractivity contribution in [1.29, 1.82) is 0 Å². The lowest BCUT2D eigenvalue weighted by molar-refractivity contribution is -0.0177. The van der Waals surface area contributed by atoms with Crippen molar-refractivity contribution >= 4 is 33.2 Å². The topological polar surface area (TPSA) is 108 Å². The first-order chi connectivity index (χ1) is 22.0. The van der Waals surface area contributed by atoms with Crippen molar-refractivity contribution in [3.63, 3.8) is 0 Å². The SMILES string of the molecule is C[C@@H]1CCCCO[C@@H](CN(C)Cc2ccccc2)[C@@H](C)CN([C@@H](C)CO)C(=O)c2cc(NS(=O)(=O)c3ccc(Cl)cc3)ccc2O1. The number of carbonyl (C=O) groups is 1. The third kappa shape index (κ3) is 9.92. The molecule has 46 heavy (non-hydrogen) atoms. The molecule has 0 bridgehead atoms. The standard InChI is InChI=1S/C35H46ClN3O6S/c1-25-21-39(26(2)24-40)35(41)32-20-30(37-46(42,43)31-16-13-29(36)14-17-31)15-18-33(32)45-27(3)10-8-9-19-44-34(25)23-38(4)22-28-11-6-5-7-12-28/h5-7,11-18,20,25-27,34,37,40H,8-10,19,21-24H2,1-4H3/t25-,26-,27+,34-/m0/s1. The first-order valence-corrected chi connectivity index (χ1v) is 17.7. The fraction of sp³-hybridized carbons (Fsp3) is 0.457. The van der Waals surface area contributed by atoms with Gasteiger partial charge in [-0.1, -0.05) is 48.9 Å². The fourth-order valence-electron chi connectivity index (χ4n) is 5.54. The Hall–Kier alpha value is -3.15. The third-order valence-corrected chi connectivity index (χ3v) is 9.86. The van der Waals surface area contributed by atoms with E-state index in [0.29, 0.717) is 30.5 Å². The van der Waals surface area contributed by atoms with Crippen molar-refractivity contribution in [1.82, 2.24) is 9.80 Å². The van der Waals surface area contributed by atoms with E-state index in [-0.39, 0.29) is 46.8 Å². The Balaban J connectivity index is 1.64. The number of nitrogens with zero attached hydrogens (tertiary/aromatic N) is 2. The van der Waals surface area contributed by atoms with E-state index >= 15 is 0 Å². The maximum atomic E-state index is 14.3. The molecule has 4 atom stereocenters. The lowest BCUT2D eigenvalue weighted by Crippen LogP contribution is -2.47. The Morgan fingerprint density at radius 2 is 1.78 bits per heavy atom. The lowest BCUT2D eigenvalue weighted by atomic mass is 10.0. The van der Waals surface area contributed by atoms with Crippen LogP contribution in [0.3, 0.4) is 0 Å². The second kappa shape index (κ2) is 16.6. The van der Waals surface area contributed by atoms with Gasteiger partial charge in [0.15, 0.2) is 0 Å². The van der Waals surface area contributed by atoms with E-state index in [1.54, 1.807) is 24.0 Å². The van der Waals surface area contributed by atoms with E-state index in [4.69, 9.17) is 21.1 Å². The number of rotatable bonds is 9. The Kier molecular flexibility index (Phi) is 12.9. The van der Waals surface area contributed by atoms with Gasteiger partial charge in [-0.2, -0.15) is 0 Å². The van der Waals surface area contributed by atoms with E-state index in [0.717, 1.165) is 25.8 Å². The zero-order valence-electron chi connectivity index (χ0n) is 27.1. The Bertz CT molecular complexity index is 1520. The number of fused-ring (bicyclic) bond motifs is 1. The second-order valence-corrected chi connectivity index (χ2v) is 14.4. The van der Waals surface area contributed by atoms with Crippen molar-refractivity contribution in [3.8, 4) is 5.75 Å². The summed E-state index contributed by atoms with van der Waals surface area (Å²) in [6.45, 7) is 7.91. The van der Waals surface area contributed by atoms with E-state index in [9.17, 15) is 18.3 Å². The molecule has 0 spiro atoms. The minimum atomic E-state index is -3.95. The van der Waals surface area contributed by atoms with E-state index in [2.05, 4.69) is 35.7 Å². The molecule has 9 nitrogen and oxygen atoms in total. The molecule has 4 rings (SSSR count). The number of amides is 1. The first kappa shape index (κ1) is 35.7. The minimum Gasteiger partial charge on any atom is -0.490 e. The number of ether oxygens (including phenoxy) is 2.